The van der Waals surface area contributed by atoms with Crippen molar-refractivity contribution in [2.45, 2.75) is 46.3 Å². The van der Waals surface area contributed by atoms with Gasteiger partial charge in [-0.3, -0.25) is 19.3 Å². The SMILES string of the molecule is CC(=O)c1ccc2[nH]ccc2c1.CC(=O)c1ccc2c(ccn2CCN(C)C)c1.CN(C)CCn1ccc2cc(C(=O)N3CCN(CCc4ccccc4)CC3)ccc21.CN(C)CCn1ccc2cc(C(=O)O)ccc21.CN(Cl)CCCl.[Na+].[OH-].c1ccc(CCN2CCNCC2)cc1. The summed E-state index contributed by atoms with van der Waals surface area (Å²) in [6, 6.07) is 52.4. The number of amides is 1. The Morgan fingerprint density at radius 2 is 0.867 bits per heavy atom. The van der Waals surface area contributed by atoms with Gasteiger partial charge in [-0.1, -0.05) is 60.7 Å². The van der Waals surface area contributed by atoms with Crippen molar-refractivity contribution in [2.24, 2.45) is 0 Å². The number of aromatic nitrogens is 4. The van der Waals surface area contributed by atoms with Crippen LogP contribution in [-0.4, -0.2) is 233 Å². The molecule has 12 rings (SSSR count). The van der Waals surface area contributed by atoms with E-state index >= 15 is 0 Å². The molecular formula is C77H101Cl2N12NaO6. The molecule has 4 aromatic heterocycles. The number of nitrogens with one attached hydrogen (secondary N) is 2. The van der Waals surface area contributed by atoms with Gasteiger partial charge < -0.3 is 59.1 Å². The Labute approximate surface area is 612 Å². The summed E-state index contributed by atoms with van der Waals surface area (Å²) in [4.78, 5) is 62.7. The molecule has 520 valence electrons. The van der Waals surface area contributed by atoms with Crippen LogP contribution in [0.3, 0.4) is 0 Å². The zero-order valence-corrected chi connectivity index (χ0v) is 62.7. The van der Waals surface area contributed by atoms with E-state index in [0.29, 0.717) is 11.4 Å². The second kappa shape index (κ2) is 42.9. The number of aromatic amines is 1. The van der Waals surface area contributed by atoms with Gasteiger partial charge in [-0.15, -0.1) is 11.6 Å². The van der Waals surface area contributed by atoms with Crippen LogP contribution >= 0.6 is 23.4 Å². The van der Waals surface area contributed by atoms with Crippen molar-refractivity contribution < 1.29 is 59.3 Å². The minimum atomic E-state index is -0.882. The number of halogens is 2. The number of H-pyrrole nitrogens is 1. The van der Waals surface area contributed by atoms with Crippen molar-refractivity contribution in [2.75, 3.05) is 147 Å². The van der Waals surface area contributed by atoms with Gasteiger partial charge in [0, 0.05) is 209 Å². The smallest absolute Gasteiger partial charge is 0.870 e. The molecule has 4 N–H and O–H groups in total. The monoisotopic (exact) mass is 1380 g/mol. The maximum absolute atomic E-state index is 13.0. The number of ketones is 2. The van der Waals surface area contributed by atoms with Gasteiger partial charge in [-0.2, -0.15) is 0 Å². The summed E-state index contributed by atoms with van der Waals surface area (Å²) in [6.07, 6.45) is 10.3. The van der Waals surface area contributed by atoms with Crippen molar-refractivity contribution in [3.05, 3.63) is 216 Å². The number of piperazine rings is 2. The third-order valence-electron chi connectivity index (χ3n) is 16.9. The average Bonchev–Trinajstić information content (AvgIpc) is 1.64. The van der Waals surface area contributed by atoms with Crippen LogP contribution in [0.15, 0.2) is 183 Å². The van der Waals surface area contributed by atoms with E-state index in [1.54, 1.807) is 33.0 Å². The van der Waals surface area contributed by atoms with Gasteiger partial charge >= 0.3 is 35.5 Å². The second-order valence-corrected chi connectivity index (χ2v) is 26.1. The molecule has 2 aliphatic heterocycles. The van der Waals surface area contributed by atoms with E-state index in [1.807, 2.05) is 98.1 Å². The number of carboxylic acid groups (broad SMARTS) is 1. The van der Waals surface area contributed by atoms with Crippen LogP contribution < -0.4 is 34.9 Å². The first kappa shape index (κ1) is 81.7. The van der Waals surface area contributed by atoms with E-state index in [9.17, 15) is 19.2 Å². The van der Waals surface area contributed by atoms with Crippen molar-refractivity contribution in [3.8, 4) is 0 Å². The third-order valence-corrected chi connectivity index (χ3v) is 17.3. The number of Topliss-reactive ketones (excluding diaryl/α,β-unsaturated/α-hetero) is 2. The van der Waals surface area contributed by atoms with Crippen LogP contribution in [0.1, 0.15) is 66.4 Å². The Hall–Kier alpha value is -6.98. The molecule has 1 amide bonds. The van der Waals surface area contributed by atoms with Gasteiger partial charge in [0.25, 0.3) is 5.91 Å². The Balaban J connectivity index is 0.000000223. The van der Waals surface area contributed by atoms with Gasteiger partial charge in [-0.05, 0) is 189 Å². The van der Waals surface area contributed by atoms with Gasteiger partial charge in [0.05, 0.1) is 5.56 Å². The topological polar surface area (TPSA) is 184 Å². The number of carbonyl (C=O) groups is 4. The largest absolute Gasteiger partial charge is 1.00 e. The van der Waals surface area contributed by atoms with E-state index < -0.39 is 5.97 Å². The van der Waals surface area contributed by atoms with Crippen LogP contribution in [0.2, 0.25) is 0 Å². The fraction of sp³-hybridized carbons (Fsp3) is 0.377. The molecule has 0 spiro atoms. The van der Waals surface area contributed by atoms with Crippen LogP contribution in [0, 0.1) is 0 Å². The molecule has 21 heteroatoms. The van der Waals surface area contributed by atoms with Gasteiger partial charge in [0.1, 0.15) is 0 Å². The molecule has 10 aromatic rings. The summed E-state index contributed by atoms with van der Waals surface area (Å²) in [5, 5.41) is 16.6. The van der Waals surface area contributed by atoms with Crippen LogP contribution in [-0.2, 0) is 32.5 Å². The zero-order chi connectivity index (χ0) is 68.9. The minimum absolute atomic E-state index is 0. The number of aromatic carboxylic acids is 1. The molecule has 2 aliphatic rings. The molecule has 6 heterocycles. The molecule has 0 unspecified atom stereocenters. The number of nitrogens with zero attached hydrogens (tertiary/aromatic N) is 10. The van der Waals surface area contributed by atoms with Crippen LogP contribution in [0.25, 0.3) is 43.6 Å². The van der Waals surface area contributed by atoms with Crippen LogP contribution in [0.5, 0.6) is 0 Å². The zero-order valence-electron chi connectivity index (χ0n) is 59.2. The fourth-order valence-electron chi connectivity index (χ4n) is 11.1. The number of carbonyl (C=O) groups excluding carboxylic acids is 3. The number of hydrogen-bond donors (Lipinski definition) is 3. The molecule has 0 radical (unpaired) electrons. The first-order valence-corrected chi connectivity index (χ1v) is 34.1. The number of hydrogen-bond acceptors (Lipinski definition) is 12. The van der Waals surface area contributed by atoms with E-state index in [1.165, 1.54) is 52.6 Å². The maximum Gasteiger partial charge on any atom is 1.00 e. The molecule has 0 bridgehead atoms. The fourth-order valence-corrected chi connectivity index (χ4v) is 11.6. The average molecular weight is 1380 g/mol. The van der Waals surface area contributed by atoms with Gasteiger partial charge in [-0.25, -0.2) is 9.21 Å². The summed E-state index contributed by atoms with van der Waals surface area (Å²) in [5.41, 5.74) is 10.0. The number of benzene rings is 6. The Kier molecular flexibility index (Phi) is 35.7. The molecule has 0 saturated carbocycles. The van der Waals surface area contributed by atoms with E-state index in [0.717, 1.165) is 147 Å². The normalized spacial score (nSPS) is 13.1. The summed E-state index contributed by atoms with van der Waals surface area (Å²) in [6.45, 7) is 20.2. The molecule has 0 atom stereocenters. The maximum atomic E-state index is 13.0. The summed E-state index contributed by atoms with van der Waals surface area (Å²) < 4.78 is 8.14. The third kappa shape index (κ3) is 26.9. The molecule has 98 heavy (non-hydrogen) atoms. The first-order valence-electron chi connectivity index (χ1n) is 33.2. The predicted octanol–water partition coefficient (Wildman–Crippen LogP) is 9.15. The van der Waals surface area contributed by atoms with Crippen LogP contribution in [0.4, 0.5) is 0 Å². The van der Waals surface area contributed by atoms with E-state index in [2.05, 4.69) is 168 Å². The van der Waals surface area contributed by atoms with E-state index in [4.69, 9.17) is 28.5 Å². The van der Waals surface area contributed by atoms with Crippen molar-refractivity contribution >= 4 is 90.4 Å². The molecule has 0 aliphatic carbocycles. The number of alkyl halides is 1. The second-order valence-electron chi connectivity index (χ2n) is 25.2. The standard InChI is InChI=1S/C25H32N4O.C14H18N2O.C13H16N2O2.C12H18N2.C10H9NO.C3H7Cl2N.Na.H2O/c1-26(2)14-17-28-13-11-22-20-23(8-9-24(22)28)25(30)29-18-15-27(16-19-29)12-10-21-6-4-3-5-7-21;1-11(17)12-4-5-14-13(10-12)6-7-16(14)9-8-15(2)3;1-14(2)7-8-15-6-5-10-9-11(13(16)17)3-4-12(10)15;1-2-4-12(5-3-1)6-9-14-10-7-13-8-11-14;1-7(12)8-2-3-10-9(6-8)4-5-11-10;1-6(5)3-2-4;;/h3-9,11,13,20H,10,12,14-19H2,1-2H3;4-7,10H,8-9H2,1-3H3;3-6,9H,7-8H2,1-2H3,(H,16,17);1-5,13H,6-11H2;2-6,11H,1H3;2-3H2,1H3;;1H2/q;;;;;;+1;/p-1. The molecule has 2 saturated heterocycles. The van der Waals surface area contributed by atoms with Gasteiger partial charge in [0.15, 0.2) is 11.6 Å². The number of fused-ring (bicyclic) bond motifs is 4. The Bertz CT molecular complexity index is 3890. The molecule has 18 nitrogen and oxygen atoms in total. The Morgan fingerprint density at radius 1 is 0.469 bits per heavy atom. The Morgan fingerprint density at radius 3 is 1.28 bits per heavy atom. The molecule has 6 aromatic carbocycles. The first-order chi connectivity index (χ1) is 46.2. The summed E-state index contributed by atoms with van der Waals surface area (Å²) in [5.74, 6) is 0.0969. The van der Waals surface area contributed by atoms with Crippen molar-refractivity contribution in [1.29, 1.82) is 0 Å². The molecule has 2 fully saturated rings. The minimum Gasteiger partial charge on any atom is -0.870 e. The van der Waals surface area contributed by atoms with Gasteiger partial charge in [0.2, 0.25) is 0 Å². The predicted molar refractivity (Wildman–Crippen MR) is 400 cm³/mol. The number of likely N-dealkylation sites (N-methyl/N-ethyl adjacent to an activating group) is 3. The van der Waals surface area contributed by atoms with Crippen molar-refractivity contribution in [3.63, 3.8) is 0 Å². The quantitative estimate of drug-likeness (QED) is 0.0268. The summed E-state index contributed by atoms with van der Waals surface area (Å²) in [7, 11) is 14.2. The summed E-state index contributed by atoms with van der Waals surface area (Å²) >= 11 is 10.6. The van der Waals surface area contributed by atoms with Crippen molar-refractivity contribution in [1.82, 2.24) is 57.8 Å². The number of carboxylic acids is 1. The van der Waals surface area contributed by atoms with E-state index in [-0.39, 0.29) is 52.5 Å². The molecular weight excluding hydrogens is 1280 g/mol. The number of rotatable bonds is 21.